The van der Waals surface area contributed by atoms with Crippen molar-refractivity contribution in [2.45, 2.75) is 44.6 Å². The van der Waals surface area contributed by atoms with E-state index in [4.69, 9.17) is 11.0 Å². The summed E-state index contributed by atoms with van der Waals surface area (Å²) in [6, 6.07) is 2.63. The Balaban J connectivity index is 0.00000121. The lowest BCUT2D eigenvalue weighted by atomic mass is 9.84. The Labute approximate surface area is 80.5 Å². The molecule has 1 rings (SSSR count). The number of hydrogen-bond acceptors (Lipinski definition) is 2. The minimum Gasteiger partial charge on any atom is -0.328 e. The summed E-state index contributed by atoms with van der Waals surface area (Å²) in [7, 11) is 0. The van der Waals surface area contributed by atoms with Gasteiger partial charge in [-0.1, -0.05) is 0 Å². The monoisotopic (exact) mass is 188 g/mol. The van der Waals surface area contributed by atoms with E-state index < -0.39 is 0 Å². The van der Waals surface area contributed by atoms with Crippen molar-refractivity contribution in [1.29, 1.82) is 5.26 Å². The Hall–Kier alpha value is -0.260. The molecular weight excluding hydrogens is 172 g/mol. The summed E-state index contributed by atoms with van der Waals surface area (Å²) in [6.07, 6.45) is 6.61. The quantitative estimate of drug-likeness (QED) is 0.723. The van der Waals surface area contributed by atoms with Crippen LogP contribution in [0.25, 0.3) is 0 Å². The summed E-state index contributed by atoms with van der Waals surface area (Å²) in [5, 5.41) is 8.37. The molecule has 0 aromatic heterocycles. The van der Waals surface area contributed by atoms with Gasteiger partial charge in [-0.2, -0.15) is 5.26 Å². The number of nitrogens with two attached hydrogens (primary N) is 1. The molecule has 1 aliphatic carbocycles. The first-order valence-electron chi connectivity index (χ1n) is 4.45. The molecule has 0 unspecified atom stereocenters. The number of rotatable bonds is 2. The molecule has 12 heavy (non-hydrogen) atoms. The highest BCUT2D eigenvalue weighted by molar-refractivity contribution is 5.85. The van der Waals surface area contributed by atoms with Crippen LogP contribution in [0, 0.1) is 17.2 Å². The first-order chi connectivity index (χ1) is 5.33. The van der Waals surface area contributed by atoms with Crippen molar-refractivity contribution < 1.29 is 0 Å². The van der Waals surface area contributed by atoms with Crippen molar-refractivity contribution in [3.05, 3.63) is 0 Å². The SMILES string of the molecule is Cl.N#CCCC1CCC(N)CC1. The van der Waals surface area contributed by atoms with Crippen LogP contribution in [0.5, 0.6) is 0 Å². The van der Waals surface area contributed by atoms with Crippen molar-refractivity contribution >= 4 is 12.4 Å². The van der Waals surface area contributed by atoms with Crippen molar-refractivity contribution in [3.63, 3.8) is 0 Å². The van der Waals surface area contributed by atoms with Crippen molar-refractivity contribution in [2.24, 2.45) is 11.7 Å². The maximum absolute atomic E-state index is 8.37. The zero-order chi connectivity index (χ0) is 8.10. The zero-order valence-electron chi connectivity index (χ0n) is 7.33. The van der Waals surface area contributed by atoms with Gasteiger partial charge in [0.15, 0.2) is 0 Å². The minimum absolute atomic E-state index is 0. The molecule has 0 amide bonds. The fourth-order valence-corrected chi connectivity index (χ4v) is 1.75. The van der Waals surface area contributed by atoms with Gasteiger partial charge >= 0.3 is 0 Å². The van der Waals surface area contributed by atoms with Gasteiger partial charge in [0.2, 0.25) is 0 Å². The van der Waals surface area contributed by atoms with Crippen LogP contribution < -0.4 is 5.73 Å². The van der Waals surface area contributed by atoms with Crippen LogP contribution in [0.4, 0.5) is 0 Å². The predicted octanol–water partition coefficient (Wildman–Crippen LogP) is 2.23. The standard InChI is InChI=1S/C9H16N2.ClH/c10-7-1-2-8-3-5-9(11)6-4-8;/h8-9H,1-6,11H2;1H. The Kier molecular flexibility index (Phi) is 6.14. The summed E-state index contributed by atoms with van der Waals surface area (Å²) in [5.74, 6) is 0.787. The van der Waals surface area contributed by atoms with Gasteiger partial charge < -0.3 is 5.73 Å². The van der Waals surface area contributed by atoms with E-state index in [1.54, 1.807) is 0 Å². The van der Waals surface area contributed by atoms with E-state index in [1.807, 2.05) is 0 Å². The highest BCUT2D eigenvalue weighted by atomic mass is 35.5. The molecule has 1 aliphatic rings. The third kappa shape index (κ3) is 3.94. The molecule has 2 nitrogen and oxygen atoms in total. The number of nitriles is 1. The third-order valence-electron chi connectivity index (χ3n) is 2.56. The maximum atomic E-state index is 8.37. The lowest BCUT2D eigenvalue weighted by Crippen LogP contribution is -2.26. The first kappa shape index (κ1) is 11.7. The van der Waals surface area contributed by atoms with Gasteiger partial charge in [0.25, 0.3) is 0 Å². The molecule has 1 fully saturated rings. The summed E-state index contributed by atoms with van der Waals surface area (Å²) in [6.45, 7) is 0. The average molecular weight is 189 g/mol. The summed E-state index contributed by atoms with van der Waals surface area (Å²) in [5.41, 5.74) is 5.76. The lowest BCUT2D eigenvalue weighted by molar-refractivity contribution is 0.313. The molecule has 0 aromatic carbocycles. The molecule has 0 saturated heterocycles. The van der Waals surface area contributed by atoms with E-state index in [0.717, 1.165) is 31.6 Å². The van der Waals surface area contributed by atoms with Gasteiger partial charge in [0, 0.05) is 12.5 Å². The summed E-state index contributed by atoms with van der Waals surface area (Å²) < 4.78 is 0. The third-order valence-corrected chi connectivity index (χ3v) is 2.56. The summed E-state index contributed by atoms with van der Waals surface area (Å²) in [4.78, 5) is 0. The molecule has 2 N–H and O–H groups in total. The summed E-state index contributed by atoms with van der Waals surface area (Å²) >= 11 is 0. The highest BCUT2D eigenvalue weighted by Gasteiger charge is 2.17. The van der Waals surface area contributed by atoms with Crippen LogP contribution >= 0.6 is 12.4 Å². The molecule has 0 aromatic rings. The number of halogens is 1. The van der Waals surface area contributed by atoms with Gasteiger partial charge in [0.1, 0.15) is 0 Å². The fraction of sp³-hybridized carbons (Fsp3) is 0.889. The first-order valence-corrected chi connectivity index (χ1v) is 4.45. The van der Waals surface area contributed by atoms with Gasteiger partial charge in [-0.15, -0.1) is 12.4 Å². The van der Waals surface area contributed by atoms with Crippen LogP contribution in [0.1, 0.15) is 38.5 Å². The molecule has 0 atom stereocenters. The number of nitrogens with zero attached hydrogens (tertiary/aromatic N) is 1. The smallest absolute Gasteiger partial charge is 0.0621 e. The van der Waals surface area contributed by atoms with Crippen molar-refractivity contribution in [3.8, 4) is 6.07 Å². The largest absolute Gasteiger partial charge is 0.328 e. The second kappa shape index (κ2) is 6.28. The molecular formula is C9H17ClN2. The van der Waals surface area contributed by atoms with E-state index in [1.165, 1.54) is 12.8 Å². The normalized spacial score (nSPS) is 28.7. The van der Waals surface area contributed by atoms with E-state index >= 15 is 0 Å². The van der Waals surface area contributed by atoms with E-state index in [9.17, 15) is 0 Å². The lowest BCUT2D eigenvalue weighted by Gasteiger charge is -2.25. The molecule has 0 aliphatic heterocycles. The average Bonchev–Trinajstić information content (AvgIpc) is 2.04. The van der Waals surface area contributed by atoms with Gasteiger partial charge in [0.05, 0.1) is 6.07 Å². The molecule has 0 heterocycles. The Bertz CT molecular complexity index is 145. The van der Waals surface area contributed by atoms with Gasteiger partial charge in [-0.05, 0) is 38.0 Å². The second-order valence-corrected chi connectivity index (χ2v) is 3.48. The van der Waals surface area contributed by atoms with E-state index in [2.05, 4.69) is 6.07 Å². The Morgan fingerprint density at radius 1 is 1.25 bits per heavy atom. The van der Waals surface area contributed by atoms with Gasteiger partial charge in [-0.25, -0.2) is 0 Å². The zero-order valence-corrected chi connectivity index (χ0v) is 8.15. The van der Waals surface area contributed by atoms with Crippen molar-refractivity contribution in [2.75, 3.05) is 0 Å². The van der Waals surface area contributed by atoms with E-state index in [0.29, 0.717) is 6.04 Å². The topological polar surface area (TPSA) is 49.8 Å². The van der Waals surface area contributed by atoms with Crippen LogP contribution in [-0.2, 0) is 0 Å². The molecule has 0 bridgehead atoms. The van der Waals surface area contributed by atoms with Crippen LogP contribution in [-0.4, -0.2) is 6.04 Å². The number of hydrogen-bond donors (Lipinski definition) is 1. The molecule has 3 heteroatoms. The predicted molar refractivity (Wildman–Crippen MR) is 52.0 cm³/mol. The molecule has 1 saturated carbocycles. The van der Waals surface area contributed by atoms with Crippen LogP contribution in [0.2, 0.25) is 0 Å². The Morgan fingerprint density at radius 3 is 2.33 bits per heavy atom. The van der Waals surface area contributed by atoms with E-state index in [-0.39, 0.29) is 12.4 Å². The van der Waals surface area contributed by atoms with Crippen LogP contribution in [0.15, 0.2) is 0 Å². The highest BCUT2D eigenvalue weighted by Crippen LogP contribution is 2.26. The van der Waals surface area contributed by atoms with Crippen LogP contribution in [0.3, 0.4) is 0 Å². The Morgan fingerprint density at radius 2 is 1.83 bits per heavy atom. The maximum Gasteiger partial charge on any atom is 0.0621 e. The van der Waals surface area contributed by atoms with Gasteiger partial charge in [-0.3, -0.25) is 0 Å². The molecule has 70 valence electrons. The minimum atomic E-state index is 0. The second-order valence-electron chi connectivity index (χ2n) is 3.48. The fourth-order valence-electron chi connectivity index (χ4n) is 1.75. The van der Waals surface area contributed by atoms with Crippen molar-refractivity contribution in [1.82, 2.24) is 0 Å². The molecule has 0 radical (unpaired) electrons. The molecule has 0 spiro atoms.